The van der Waals surface area contributed by atoms with Crippen LogP contribution in [0.5, 0.6) is 0 Å². The highest BCUT2D eigenvalue weighted by atomic mass is 32.2. The van der Waals surface area contributed by atoms with Gasteiger partial charge in [-0.05, 0) is 6.92 Å². The first-order valence-corrected chi connectivity index (χ1v) is 8.12. The minimum absolute atomic E-state index is 0.171. The molecule has 8 heteroatoms. The Hall–Kier alpha value is -1.67. The highest BCUT2D eigenvalue weighted by Crippen LogP contribution is 2.20. The molecule has 0 aromatic carbocycles. The molecule has 0 saturated carbocycles. The number of carbonyl (C=O) groups excluding carboxylic acids is 2. The Kier molecular flexibility index (Phi) is 6.60. The zero-order valence-corrected chi connectivity index (χ0v) is 13.3. The van der Waals surface area contributed by atoms with Crippen LogP contribution in [0.4, 0.5) is 5.82 Å². The third-order valence-electron chi connectivity index (χ3n) is 2.99. The lowest BCUT2D eigenvalue weighted by atomic mass is 10.3. The molecule has 1 aromatic rings. The topological polar surface area (TPSA) is 81.6 Å². The fraction of sp³-hybridized carbons (Fsp3) is 0.571. The Bertz CT molecular complexity index is 521. The molecule has 1 aliphatic heterocycles. The summed E-state index contributed by atoms with van der Waals surface area (Å²) in [4.78, 5) is 33.4. The zero-order valence-electron chi connectivity index (χ0n) is 12.5. The normalized spacial score (nSPS) is 14.7. The van der Waals surface area contributed by atoms with Gasteiger partial charge in [-0.25, -0.2) is 9.97 Å². The van der Waals surface area contributed by atoms with Crippen molar-refractivity contribution in [3.63, 3.8) is 0 Å². The zero-order chi connectivity index (χ0) is 15.8. The van der Waals surface area contributed by atoms with Gasteiger partial charge in [-0.15, -0.1) is 0 Å². The number of rotatable bonds is 7. The van der Waals surface area contributed by atoms with Gasteiger partial charge in [0, 0.05) is 19.2 Å². The maximum Gasteiger partial charge on any atom is 0.313 e. The van der Waals surface area contributed by atoms with Crippen molar-refractivity contribution in [2.75, 3.05) is 43.6 Å². The molecule has 2 rings (SSSR count). The molecule has 22 heavy (non-hydrogen) atoms. The molecule has 0 amide bonds. The van der Waals surface area contributed by atoms with E-state index in [9.17, 15) is 9.59 Å². The molecule has 0 radical (unpaired) electrons. The van der Waals surface area contributed by atoms with E-state index in [4.69, 9.17) is 9.47 Å². The summed E-state index contributed by atoms with van der Waals surface area (Å²) >= 11 is 1.30. The van der Waals surface area contributed by atoms with Gasteiger partial charge in [0.1, 0.15) is 23.6 Å². The Labute approximate surface area is 133 Å². The summed E-state index contributed by atoms with van der Waals surface area (Å²) in [5.41, 5.74) is 0. The molecule has 0 spiro atoms. The lowest BCUT2D eigenvalue weighted by Crippen LogP contribution is -2.36. The Balaban J connectivity index is 1.85. The number of Topliss-reactive ketones (excluding diaryl/α,β-unsaturated/α-hetero) is 1. The fourth-order valence-corrected chi connectivity index (χ4v) is 2.67. The number of ketones is 1. The number of morpholine rings is 1. The van der Waals surface area contributed by atoms with Crippen LogP contribution in [0.25, 0.3) is 0 Å². The van der Waals surface area contributed by atoms with Gasteiger partial charge in [-0.1, -0.05) is 11.8 Å². The highest BCUT2D eigenvalue weighted by Gasteiger charge is 2.14. The summed E-state index contributed by atoms with van der Waals surface area (Å²) in [6.07, 6.45) is 1.30. The second-order valence-corrected chi connectivity index (χ2v) is 5.62. The number of hydrogen-bond acceptors (Lipinski definition) is 8. The standard InChI is InChI=1S/C14H19N3O4S/c1-2-21-14(19)7-11(18)9-22-13-8-12(15-10-16-13)17-3-5-20-6-4-17/h8,10H,2-7,9H2,1H3. The number of aromatic nitrogens is 2. The number of carbonyl (C=O) groups is 2. The minimum atomic E-state index is -0.482. The largest absolute Gasteiger partial charge is 0.466 e. The summed E-state index contributed by atoms with van der Waals surface area (Å²) in [5.74, 6) is 0.372. The molecule has 1 aliphatic rings. The first-order valence-electron chi connectivity index (χ1n) is 7.14. The number of nitrogens with zero attached hydrogens (tertiary/aromatic N) is 3. The summed E-state index contributed by atoms with van der Waals surface area (Å²) < 4.78 is 10.1. The monoisotopic (exact) mass is 325 g/mol. The van der Waals surface area contributed by atoms with Gasteiger partial charge in [0.25, 0.3) is 0 Å². The van der Waals surface area contributed by atoms with E-state index >= 15 is 0 Å². The second kappa shape index (κ2) is 8.70. The van der Waals surface area contributed by atoms with Crippen molar-refractivity contribution in [2.45, 2.75) is 18.4 Å². The molecule has 1 saturated heterocycles. The highest BCUT2D eigenvalue weighted by molar-refractivity contribution is 7.99. The van der Waals surface area contributed by atoms with Crippen molar-refractivity contribution in [1.82, 2.24) is 9.97 Å². The van der Waals surface area contributed by atoms with Gasteiger partial charge in [0.2, 0.25) is 0 Å². The van der Waals surface area contributed by atoms with Crippen LogP contribution in [-0.2, 0) is 19.1 Å². The van der Waals surface area contributed by atoms with Crippen molar-refractivity contribution in [1.29, 1.82) is 0 Å². The molecule has 0 unspecified atom stereocenters. The third-order valence-corrected chi connectivity index (χ3v) is 3.98. The Morgan fingerprint density at radius 2 is 2.14 bits per heavy atom. The van der Waals surface area contributed by atoms with E-state index in [1.807, 2.05) is 6.07 Å². The maximum absolute atomic E-state index is 11.7. The molecular weight excluding hydrogens is 306 g/mol. The van der Waals surface area contributed by atoms with Crippen LogP contribution < -0.4 is 4.90 Å². The van der Waals surface area contributed by atoms with Crippen molar-refractivity contribution in [3.05, 3.63) is 12.4 Å². The van der Waals surface area contributed by atoms with Gasteiger partial charge in [-0.2, -0.15) is 0 Å². The van der Waals surface area contributed by atoms with Gasteiger partial charge in [-0.3, -0.25) is 9.59 Å². The predicted molar refractivity (Wildman–Crippen MR) is 82.0 cm³/mol. The molecule has 0 N–H and O–H groups in total. The summed E-state index contributed by atoms with van der Waals surface area (Å²) in [7, 11) is 0. The Morgan fingerprint density at radius 3 is 2.86 bits per heavy atom. The van der Waals surface area contributed by atoms with Crippen molar-refractivity contribution < 1.29 is 19.1 Å². The molecule has 120 valence electrons. The van der Waals surface area contributed by atoms with Crippen LogP contribution in [-0.4, -0.2) is 60.4 Å². The van der Waals surface area contributed by atoms with E-state index in [-0.39, 0.29) is 24.6 Å². The van der Waals surface area contributed by atoms with Crippen LogP contribution in [0.3, 0.4) is 0 Å². The molecule has 0 aliphatic carbocycles. The van der Waals surface area contributed by atoms with E-state index in [1.165, 1.54) is 18.1 Å². The lowest BCUT2D eigenvalue weighted by molar-refractivity contribution is -0.145. The molecule has 1 fully saturated rings. The van der Waals surface area contributed by atoms with E-state index in [1.54, 1.807) is 6.92 Å². The summed E-state index contributed by atoms with van der Waals surface area (Å²) in [6, 6.07) is 1.85. The van der Waals surface area contributed by atoms with E-state index in [0.29, 0.717) is 18.2 Å². The number of thioether (sulfide) groups is 1. The first-order chi connectivity index (χ1) is 10.7. The Morgan fingerprint density at radius 1 is 1.36 bits per heavy atom. The average molecular weight is 325 g/mol. The number of ether oxygens (including phenoxy) is 2. The van der Waals surface area contributed by atoms with Crippen LogP contribution in [0.2, 0.25) is 0 Å². The molecular formula is C14H19N3O4S. The first kappa shape index (κ1) is 16.7. The second-order valence-electron chi connectivity index (χ2n) is 4.62. The SMILES string of the molecule is CCOC(=O)CC(=O)CSc1cc(N2CCOCC2)ncn1. The van der Waals surface area contributed by atoms with Gasteiger partial charge < -0.3 is 14.4 Å². The molecule has 7 nitrogen and oxygen atoms in total. The molecule has 2 heterocycles. The minimum Gasteiger partial charge on any atom is -0.466 e. The van der Waals surface area contributed by atoms with E-state index < -0.39 is 5.97 Å². The van der Waals surface area contributed by atoms with Crippen molar-refractivity contribution in [2.24, 2.45) is 0 Å². The van der Waals surface area contributed by atoms with Crippen LogP contribution in [0.1, 0.15) is 13.3 Å². The smallest absolute Gasteiger partial charge is 0.313 e. The van der Waals surface area contributed by atoms with E-state index in [0.717, 1.165) is 18.9 Å². The maximum atomic E-state index is 11.7. The van der Waals surface area contributed by atoms with Gasteiger partial charge >= 0.3 is 5.97 Å². The molecule has 1 aromatic heterocycles. The van der Waals surface area contributed by atoms with Crippen LogP contribution in [0, 0.1) is 0 Å². The number of hydrogen-bond donors (Lipinski definition) is 0. The van der Waals surface area contributed by atoms with Crippen molar-refractivity contribution in [3.8, 4) is 0 Å². The quantitative estimate of drug-likeness (QED) is 0.317. The summed E-state index contributed by atoms with van der Waals surface area (Å²) in [5, 5.41) is 0.716. The molecule has 0 atom stereocenters. The van der Waals surface area contributed by atoms with Crippen LogP contribution >= 0.6 is 11.8 Å². The van der Waals surface area contributed by atoms with Gasteiger partial charge in [0.05, 0.1) is 25.6 Å². The predicted octanol–water partition coefficient (Wildman–Crippen LogP) is 0.928. The third kappa shape index (κ3) is 5.27. The number of esters is 1. The lowest BCUT2D eigenvalue weighted by Gasteiger charge is -2.27. The van der Waals surface area contributed by atoms with Gasteiger partial charge in [0.15, 0.2) is 5.78 Å². The average Bonchev–Trinajstić information content (AvgIpc) is 2.54. The van der Waals surface area contributed by atoms with E-state index in [2.05, 4.69) is 14.9 Å². The number of anilines is 1. The fourth-order valence-electron chi connectivity index (χ4n) is 1.95. The molecule has 0 bridgehead atoms. The van der Waals surface area contributed by atoms with Crippen molar-refractivity contribution >= 4 is 29.3 Å². The summed E-state index contributed by atoms with van der Waals surface area (Å²) in [6.45, 7) is 4.96. The van der Waals surface area contributed by atoms with Crippen LogP contribution in [0.15, 0.2) is 17.4 Å².